The Balaban J connectivity index is 2.14. The van der Waals surface area contributed by atoms with Crippen LogP contribution < -0.4 is 5.73 Å². The lowest BCUT2D eigenvalue weighted by Crippen LogP contribution is -2.39. The monoisotopic (exact) mass is 249 g/mol. The van der Waals surface area contributed by atoms with Gasteiger partial charge in [0.25, 0.3) is 0 Å². The van der Waals surface area contributed by atoms with Crippen LogP contribution in [0.4, 0.5) is 0 Å². The highest BCUT2D eigenvalue weighted by molar-refractivity contribution is 6.00. The molecule has 18 heavy (non-hydrogen) atoms. The highest BCUT2D eigenvalue weighted by Crippen LogP contribution is 2.38. The van der Waals surface area contributed by atoms with Gasteiger partial charge in [0.05, 0.1) is 0 Å². The third-order valence-electron chi connectivity index (χ3n) is 4.77. The summed E-state index contributed by atoms with van der Waals surface area (Å²) in [6, 6.07) is 0. The maximum Gasteiger partial charge on any atom is 0.165 e. The maximum atomic E-state index is 12.9. The van der Waals surface area contributed by atoms with E-state index in [9.17, 15) is 4.79 Å². The van der Waals surface area contributed by atoms with Crippen molar-refractivity contribution in [2.24, 2.45) is 11.1 Å². The Morgan fingerprint density at radius 2 is 1.72 bits per heavy atom. The number of rotatable bonds is 3. The Kier molecular flexibility index (Phi) is 4.99. The zero-order valence-electron chi connectivity index (χ0n) is 11.5. The highest BCUT2D eigenvalue weighted by atomic mass is 16.1. The van der Waals surface area contributed by atoms with Gasteiger partial charge >= 0.3 is 0 Å². The number of allylic oxidation sites excluding steroid dienone is 2. The summed E-state index contributed by atoms with van der Waals surface area (Å²) in [5, 5.41) is 0. The number of Topliss-reactive ketones (excluding diaryl/α,β-unsaturated/α-hetero) is 1. The number of nitrogens with two attached hydrogens (primary N) is 1. The van der Waals surface area contributed by atoms with Gasteiger partial charge in [0.2, 0.25) is 0 Å². The predicted molar refractivity (Wildman–Crippen MR) is 75.4 cm³/mol. The summed E-state index contributed by atoms with van der Waals surface area (Å²) in [5.41, 5.74) is 6.89. The fourth-order valence-corrected chi connectivity index (χ4v) is 3.49. The third kappa shape index (κ3) is 3.03. The van der Waals surface area contributed by atoms with Crippen molar-refractivity contribution in [1.82, 2.24) is 0 Å². The van der Waals surface area contributed by atoms with Gasteiger partial charge in [-0.15, -0.1) is 0 Å². The van der Waals surface area contributed by atoms with Gasteiger partial charge in [-0.3, -0.25) is 4.79 Å². The summed E-state index contributed by atoms with van der Waals surface area (Å²) in [7, 11) is 0. The van der Waals surface area contributed by atoms with E-state index in [-0.39, 0.29) is 5.41 Å². The first-order chi connectivity index (χ1) is 8.78. The normalized spacial score (nSPS) is 24.8. The van der Waals surface area contributed by atoms with Crippen LogP contribution in [0.5, 0.6) is 0 Å². The quantitative estimate of drug-likeness (QED) is 0.774. The van der Waals surface area contributed by atoms with Crippen LogP contribution in [0.3, 0.4) is 0 Å². The van der Waals surface area contributed by atoms with Crippen molar-refractivity contribution in [1.29, 1.82) is 0 Å². The zero-order valence-corrected chi connectivity index (χ0v) is 11.5. The average molecular weight is 249 g/mol. The van der Waals surface area contributed by atoms with Crippen LogP contribution in [0, 0.1) is 5.41 Å². The van der Waals surface area contributed by atoms with Crippen molar-refractivity contribution in [2.45, 2.75) is 70.6 Å². The fourth-order valence-electron chi connectivity index (χ4n) is 3.49. The maximum absolute atomic E-state index is 12.9. The first-order valence-corrected chi connectivity index (χ1v) is 7.72. The summed E-state index contributed by atoms with van der Waals surface area (Å²) >= 11 is 0. The van der Waals surface area contributed by atoms with Gasteiger partial charge in [-0.25, -0.2) is 0 Å². The van der Waals surface area contributed by atoms with Gasteiger partial charge in [0, 0.05) is 12.0 Å². The van der Waals surface area contributed by atoms with Crippen molar-refractivity contribution >= 4 is 5.78 Å². The van der Waals surface area contributed by atoms with E-state index in [1.54, 1.807) is 0 Å². The molecule has 1 saturated carbocycles. The van der Waals surface area contributed by atoms with Crippen molar-refractivity contribution in [2.75, 3.05) is 6.54 Å². The minimum absolute atomic E-state index is 0.216. The van der Waals surface area contributed by atoms with E-state index in [1.807, 2.05) is 0 Å². The Hall–Kier alpha value is -0.630. The SMILES string of the molecule is NCC1(C(=O)C2=CCCCCC2)CCCCCC1. The molecule has 1 fully saturated rings. The molecule has 0 bridgehead atoms. The van der Waals surface area contributed by atoms with Crippen LogP contribution in [0.1, 0.15) is 70.6 Å². The summed E-state index contributed by atoms with van der Waals surface area (Å²) < 4.78 is 0. The summed E-state index contributed by atoms with van der Waals surface area (Å²) in [4.78, 5) is 12.9. The molecule has 0 heterocycles. The Morgan fingerprint density at radius 3 is 2.39 bits per heavy atom. The number of hydrogen-bond acceptors (Lipinski definition) is 2. The zero-order chi connectivity index (χ0) is 12.8. The minimum atomic E-state index is -0.216. The van der Waals surface area contributed by atoms with E-state index in [0.29, 0.717) is 12.3 Å². The molecule has 0 spiro atoms. The molecule has 0 unspecified atom stereocenters. The molecular weight excluding hydrogens is 222 g/mol. The molecule has 102 valence electrons. The van der Waals surface area contributed by atoms with Crippen LogP contribution in [-0.4, -0.2) is 12.3 Å². The molecule has 0 saturated heterocycles. The van der Waals surface area contributed by atoms with E-state index < -0.39 is 0 Å². The fraction of sp³-hybridized carbons (Fsp3) is 0.812. The molecule has 0 aromatic carbocycles. The number of hydrogen-bond donors (Lipinski definition) is 1. The lowest BCUT2D eigenvalue weighted by atomic mass is 9.73. The molecule has 0 amide bonds. The largest absolute Gasteiger partial charge is 0.329 e. The van der Waals surface area contributed by atoms with Crippen molar-refractivity contribution in [3.63, 3.8) is 0 Å². The van der Waals surface area contributed by atoms with Crippen LogP contribution in [0.2, 0.25) is 0 Å². The second-order valence-corrected chi connectivity index (χ2v) is 6.06. The topological polar surface area (TPSA) is 43.1 Å². The molecule has 2 aliphatic rings. The molecule has 2 N–H and O–H groups in total. The summed E-state index contributed by atoms with van der Waals surface area (Å²) in [6.07, 6.45) is 14.9. The van der Waals surface area contributed by atoms with Gasteiger partial charge in [-0.2, -0.15) is 0 Å². The van der Waals surface area contributed by atoms with Crippen LogP contribution in [0.25, 0.3) is 0 Å². The standard InChI is InChI=1S/C16H27NO/c17-13-16(11-7-3-4-8-12-16)15(18)14-9-5-1-2-6-10-14/h9H,1-8,10-13,17H2. The Morgan fingerprint density at radius 1 is 1.06 bits per heavy atom. The first-order valence-electron chi connectivity index (χ1n) is 7.72. The molecular formula is C16H27NO. The first kappa shape index (κ1) is 13.8. The predicted octanol–water partition coefficient (Wildman–Crippen LogP) is 3.75. The third-order valence-corrected chi connectivity index (χ3v) is 4.77. The van der Waals surface area contributed by atoms with Gasteiger partial charge in [0.15, 0.2) is 5.78 Å². The van der Waals surface area contributed by atoms with Gasteiger partial charge < -0.3 is 5.73 Å². The highest BCUT2D eigenvalue weighted by Gasteiger charge is 2.38. The number of carbonyl (C=O) groups is 1. The average Bonchev–Trinajstić information content (AvgIpc) is 2.81. The molecule has 0 aliphatic heterocycles. The van der Waals surface area contributed by atoms with Crippen LogP contribution in [-0.2, 0) is 4.79 Å². The van der Waals surface area contributed by atoms with Crippen LogP contribution in [0.15, 0.2) is 11.6 Å². The second kappa shape index (κ2) is 6.51. The Bertz CT molecular complexity index is 311. The molecule has 0 atom stereocenters. The molecule has 0 aromatic heterocycles. The number of ketones is 1. The van der Waals surface area contributed by atoms with E-state index >= 15 is 0 Å². The van der Waals surface area contributed by atoms with E-state index in [2.05, 4.69) is 6.08 Å². The Labute approximate surface area is 111 Å². The van der Waals surface area contributed by atoms with Crippen molar-refractivity contribution < 1.29 is 4.79 Å². The van der Waals surface area contributed by atoms with Crippen molar-refractivity contribution in [3.8, 4) is 0 Å². The lowest BCUT2D eigenvalue weighted by Gasteiger charge is -2.30. The minimum Gasteiger partial charge on any atom is -0.329 e. The van der Waals surface area contributed by atoms with Gasteiger partial charge in [-0.05, 0) is 44.1 Å². The number of carbonyl (C=O) groups excluding carboxylic acids is 1. The molecule has 2 rings (SSSR count). The molecule has 2 nitrogen and oxygen atoms in total. The molecule has 2 heteroatoms. The van der Waals surface area contributed by atoms with E-state index in [1.165, 1.54) is 44.9 Å². The van der Waals surface area contributed by atoms with Crippen molar-refractivity contribution in [3.05, 3.63) is 11.6 Å². The summed E-state index contributed by atoms with van der Waals surface area (Å²) in [5.74, 6) is 0.397. The van der Waals surface area contributed by atoms with E-state index in [4.69, 9.17) is 5.73 Å². The van der Waals surface area contributed by atoms with Crippen LogP contribution >= 0.6 is 0 Å². The summed E-state index contributed by atoms with van der Waals surface area (Å²) in [6.45, 7) is 0.545. The van der Waals surface area contributed by atoms with Gasteiger partial charge in [-0.1, -0.05) is 38.2 Å². The lowest BCUT2D eigenvalue weighted by molar-refractivity contribution is -0.125. The molecule has 0 aromatic rings. The van der Waals surface area contributed by atoms with Gasteiger partial charge in [0.1, 0.15) is 0 Å². The molecule has 2 aliphatic carbocycles. The smallest absolute Gasteiger partial charge is 0.165 e. The van der Waals surface area contributed by atoms with E-state index in [0.717, 1.165) is 31.3 Å². The molecule has 0 radical (unpaired) electrons. The second-order valence-electron chi connectivity index (χ2n) is 6.06.